The van der Waals surface area contributed by atoms with Gasteiger partial charge in [-0.05, 0) is 51.0 Å². The number of allylic oxidation sites excluding steroid dienone is 4. The molecule has 142 valence electrons. The van der Waals surface area contributed by atoms with Gasteiger partial charge in [-0.2, -0.15) is 8.78 Å². The van der Waals surface area contributed by atoms with Crippen LogP contribution in [0.5, 0.6) is 0 Å². The zero-order valence-electron chi connectivity index (χ0n) is 15.0. The molecule has 0 aromatic rings. The topological polar surface area (TPSA) is 57.5 Å². The molecule has 1 atom stereocenters. The first kappa shape index (κ1) is 23.3. The van der Waals surface area contributed by atoms with E-state index in [1.165, 1.54) is 0 Å². The fourth-order valence-corrected chi connectivity index (χ4v) is 2.08. The lowest BCUT2D eigenvalue weighted by Gasteiger charge is -2.08. The Morgan fingerprint density at radius 3 is 2.36 bits per heavy atom. The van der Waals surface area contributed by atoms with Crippen LogP contribution >= 0.6 is 0 Å². The van der Waals surface area contributed by atoms with Crippen LogP contribution in [-0.2, 0) is 4.79 Å². The van der Waals surface area contributed by atoms with E-state index in [1.54, 1.807) is 12.2 Å². The first-order valence-electron chi connectivity index (χ1n) is 9.00. The Kier molecular flexibility index (Phi) is 13.7. The van der Waals surface area contributed by atoms with Crippen LogP contribution in [0.2, 0.25) is 0 Å². The Balaban J connectivity index is 3.64. The van der Waals surface area contributed by atoms with E-state index in [9.17, 15) is 18.7 Å². The van der Waals surface area contributed by atoms with E-state index in [4.69, 9.17) is 5.11 Å². The Morgan fingerprint density at radius 1 is 1.08 bits per heavy atom. The molecule has 0 rings (SSSR count). The van der Waals surface area contributed by atoms with Crippen LogP contribution in [0.3, 0.4) is 0 Å². The van der Waals surface area contributed by atoms with Crippen LogP contribution in [0.1, 0.15) is 71.1 Å². The number of carboxylic acids is 1. The lowest BCUT2D eigenvalue weighted by Crippen LogP contribution is -2.27. The first-order valence-corrected chi connectivity index (χ1v) is 9.00. The van der Waals surface area contributed by atoms with Crippen LogP contribution in [-0.4, -0.2) is 28.2 Å². The van der Waals surface area contributed by atoms with E-state index in [1.807, 2.05) is 12.2 Å². The summed E-state index contributed by atoms with van der Waals surface area (Å²) < 4.78 is 25.6. The van der Waals surface area contributed by atoms with Crippen molar-refractivity contribution in [3.63, 3.8) is 0 Å². The van der Waals surface area contributed by atoms with Crippen LogP contribution in [0, 0.1) is 11.8 Å². The molecule has 0 saturated carbocycles. The molecule has 0 fully saturated rings. The number of aliphatic hydroxyl groups is 1. The summed E-state index contributed by atoms with van der Waals surface area (Å²) in [4.78, 5) is 10.2. The van der Waals surface area contributed by atoms with Gasteiger partial charge >= 0.3 is 11.9 Å². The number of carbonyl (C=O) groups is 1. The molecule has 1 unspecified atom stereocenters. The number of aliphatic carboxylic acids is 1. The highest BCUT2D eigenvalue weighted by Crippen LogP contribution is 2.20. The van der Waals surface area contributed by atoms with Gasteiger partial charge in [-0.15, -0.1) is 0 Å². The lowest BCUT2D eigenvalue weighted by atomic mass is 10.1. The number of rotatable bonds is 13. The summed E-state index contributed by atoms with van der Waals surface area (Å²) in [6.45, 7) is 2.12. The number of halogens is 2. The summed E-state index contributed by atoms with van der Waals surface area (Å²) in [6, 6.07) is 0. The summed E-state index contributed by atoms with van der Waals surface area (Å²) in [5.74, 6) is -0.0727. The average molecular weight is 356 g/mol. The number of alkyl halides is 2. The number of aliphatic hydroxyl groups excluding tert-OH is 1. The van der Waals surface area contributed by atoms with Crippen LogP contribution in [0.25, 0.3) is 0 Å². The maximum absolute atomic E-state index is 12.8. The Morgan fingerprint density at radius 2 is 1.72 bits per heavy atom. The molecular formula is C20H30F2O3. The van der Waals surface area contributed by atoms with E-state index < -0.39 is 24.4 Å². The molecule has 2 N–H and O–H groups in total. The van der Waals surface area contributed by atoms with Gasteiger partial charge in [0.25, 0.3) is 0 Å². The van der Waals surface area contributed by atoms with E-state index in [0.717, 1.165) is 51.4 Å². The normalized spacial score (nSPS) is 13.1. The first-order chi connectivity index (χ1) is 11.9. The highest BCUT2D eigenvalue weighted by Gasteiger charge is 2.37. The van der Waals surface area contributed by atoms with Gasteiger partial charge in [-0.3, -0.25) is 0 Å². The molecule has 0 radical (unpaired) electrons. The third kappa shape index (κ3) is 14.4. The van der Waals surface area contributed by atoms with E-state index >= 15 is 0 Å². The van der Waals surface area contributed by atoms with Crippen molar-refractivity contribution in [1.82, 2.24) is 0 Å². The summed E-state index contributed by atoms with van der Waals surface area (Å²) in [6.07, 6.45) is 13.5. The van der Waals surface area contributed by atoms with Crippen molar-refractivity contribution in [2.45, 2.75) is 83.2 Å². The molecule has 0 spiro atoms. The molecular weight excluding hydrogens is 326 g/mol. The van der Waals surface area contributed by atoms with Gasteiger partial charge in [0.2, 0.25) is 0 Å². The molecule has 0 heterocycles. The van der Waals surface area contributed by atoms with Gasteiger partial charge in [-0.25, -0.2) is 4.79 Å². The zero-order valence-corrected chi connectivity index (χ0v) is 15.0. The van der Waals surface area contributed by atoms with Crippen molar-refractivity contribution < 1.29 is 23.8 Å². The van der Waals surface area contributed by atoms with E-state index in [2.05, 4.69) is 18.8 Å². The van der Waals surface area contributed by atoms with Crippen LogP contribution in [0.15, 0.2) is 24.3 Å². The maximum Gasteiger partial charge on any atom is 0.374 e. The molecule has 0 amide bonds. The number of unbranched alkanes of at least 4 members (excludes halogenated alkanes) is 5. The van der Waals surface area contributed by atoms with Crippen molar-refractivity contribution in [2.24, 2.45) is 0 Å². The van der Waals surface area contributed by atoms with Crippen LogP contribution < -0.4 is 0 Å². The number of hydrogen-bond donors (Lipinski definition) is 2. The second-order valence-corrected chi connectivity index (χ2v) is 6.01. The van der Waals surface area contributed by atoms with Gasteiger partial charge in [0.1, 0.15) is 6.10 Å². The third-order valence-electron chi connectivity index (χ3n) is 3.63. The van der Waals surface area contributed by atoms with Crippen molar-refractivity contribution in [2.75, 3.05) is 0 Å². The molecule has 0 aliphatic rings. The summed E-state index contributed by atoms with van der Waals surface area (Å²) >= 11 is 0. The molecule has 0 bridgehead atoms. The Labute approximate surface area is 149 Å². The molecule has 0 aromatic heterocycles. The highest BCUT2D eigenvalue weighted by molar-refractivity contribution is 5.75. The standard InChI is InChI=1S/C20H30F2O3/c1-2-3-12-15-18(23)16-13-10-8-6-4-5-7-9-11-14-17-20(21,22)19(24)25/h8-11,18,23H,2-7,12,14-15,17H2,1H3,(H,24,25)/b10-8+,11-9+. The summed E-state index contributed by atoms with van der Waals surface area (Å²) in [7, 11) is 0. The van der Waals surface area contributed by atoms with Crippen molar-refractivity contribution in [1.29, 1.82) is 0 Å². The van der Waals surface area contributed by atoms with Gasteiger partial charge in [-0.1, -0.05) is 49.8 Å². The summed E-state index contributed by atoms with van der Waals surface area (Å²) in [5.41, 5.74) is 0. The third-order valence-corrected chi connectivity index (χ3v) is 3.63. The fourth-order valence-electron chi connectivity index (χ4n) is 2.08. The van der Waals surface area contributed by atoms with Gasteiger partial charge in [0, 0.05) is 6.42 Å². The SMILES string of the molecule is CCCCCC(O)C#C/C=C/CCCC/C=C/CCC(F)(F)C(=O)O. The van der Waals surface area contributed by atoms with Crippen molar-refractivity contribution in [3.8, 4) is 11.8 Å². The Hall–Kier alpha value is -1.67. The highest BCUT2D eigenvalue weighted by atomic mass is 19.3. The summed E-state index contributed by atoms with van der Waals surface area (Å²) in [5, 5.41) is 17.9. The molecule has 0 aliphatic carbocycles. The Bertz CT molecular complexity index is 473. The molecule has 5 heteroatoms. The zero-order chi connectivity index (χ0) is 19.0. The molecule has 0 aliphatic heterocycles. The van der Waals surface area contributed by atoms with Gasteiger partial charge in [0.05, 0.1) is 0 Å². The minimum absolute atomic E-state index is 0.0649. The minimum Gasteiger partial charge on any atom is -0.477 e. The number of carboxylic acid groups (broad SMARTS) is 1. The quantitative estimate of drug-likeness (QED) is 0.274. The molecule has 3 nitrogen and oxygen atoms in total. The minimum atomic E-state index is -3.64. The monoisotopic (exact) mass is 356 g/mol. The fraction of sp³-hybridized carbons (Fsp3) is 0.650. The molecule has 0 saturated heterocycles. The maximum atomic E-state index is 12.8. The largest absolute Gasteiger partial charge is 0.477 e. The van der Waals surface area contributed by atoms with E-state index in [0.29, 0.717) is 0 Å². The number of hydrogen-bond acceptors (Lipinski definition) is 2. The molecule has 0 aromatic carbocycles. The average Bonchev–Trinajstić information content (AvgIpc) is 2.55. The van der Waals surface area contributed by atoms with Gasteiger partial charge < -0.3 is 10.2 Å². The predicted octanol–water partition coefficient (Wildman–Crippen LogP) is 5.10. The second kappa shape index (κ2) is 14.7. The lowest BCUT2D eigenvalue weighted by molar-refractivity contribution is -0.165. The second-order valence-electron chi connectivity index (χ2n) is 6.01. The predicted molar refractivity (Wildman–Crippen MR) is 96.5 cm³/mol. The van der Waals surface area contributed by atoms with Crippen molar-refractivity contribution in [3.05, 3.63) is 24.3 Å². The van der Waals surface area contributed by atoms with E-state index in [-0.39, 0.29) is 6.42 Å². The van der Waals surface area contributed by atoms with Gasteiger partial charge in [0.15, 0.2) is 0 Å². The van der Waals surface area contributed by atoms with Crippen molar-refractivity contribution >= 4 is 5.97 Å². The van der Waals surface area contributed by atoms with Crippen LogP contribution in [0.4, 0.5) is 8.78 Å². The smallest absolute Gasteiger partial charge is 0.374 e. The molecule has 25 heavy (non-hydrogen) atoms.